The van der Waals surface area contributed by atoms with Gasteiger partial charge in [-0.05, 0) is 36.8 Å². The quantitative estimate of drug-likeness (QED) is 0.904. The number of benzene rings is 2. The normalized spacial score (nSPS) is 16.2. The molecule has 24 heavy (non-hydrogen) atoms. The average Bonchev–Trinajstić information content (AvgIpc) is 2.87. The maximum absolute atomic E-state index is 13.6. The molecule has 2 aromatic carbocycles. The number of sulfonamides is 1. The summed E-state index contributed by atoms with van der Waals surface area (Å²) in [5, 5.41) is 2.75. The van der Waals surface area contributed by atoms with Crippen molar-refractivity contribution in [1.82, 2.24) is 0 Å². The summed E-state index contributed by atoms with van der Waals surface area (Å²) in [4.78, 5) is 12.1. The van der Waals surface area contributed by atoms with Crippen LogP contribution in [-0.4, -0.2) is 26.6 Å². The second-order valence-electron chi connectivity index (χ2n) is 5.34. The zero-order chi connectivity index (χ0) is 17.3. The number of rotatable bonds is 3. The molecule has 1 aliphatic heterocycles. The van der Waals surface area contributed by atoms with Crippen LogP contribution < -0.4 is 9.62 Å². The predicted octanol–water partition coefficient (Wildman–Crippen LogP) is 3.27. The zero-order valence-electron chi connectivity index (χ0n) is 12.5. The average molecular weight is 369 g/mol. The van der Waals surface area contributed by atoms with Crippen molar-refractivity contribution in [2.24, 2.45) is 0 Å². The van der Waals surface area contributed by atoms with Gasteiger partial charge < -0.3 is 5.32 Å². The molecule has 2 aromatic rings. The molecule has 0 spiro atoms. The lowest BCUT2D eigenvalue weighted by Gasteiger charge is -2.19. The van der Waals surface area contributed by atoms with E-state index in [0.717, 1.165) is 0 Å². The summed E-state index contributed by atoms with van der Waals surface area (Å²) in [7, 11) is -3.34. The van der Waals surface area contributed by atoms with Gasteiger partial charge in [0.1, 0.15) is 5.82 Å². The molecular weight excluding hydrogens is 355 g/mol. The highest BCUT2D eigenvalue weighted by molar-refractivity contribution is 7.93. The third-order valence-corrected chi connectivity index (χ3v) is 5.85. The summed E-state index contributed by atoms with van der Waals surface area (Å²) in [6, 6.07) is 10.1. The predicted molar refractivity (Wildman–Crippen MR) is 91.6 cm³/mol. The molecule has 0 bridgehead atoms. The van der Waals surface area contributed by atoms with Crippen LogP contribution in [0, 0.1) is 5.82 Å². The highest BCUT2D eigenvalue weighted by Gasteiger charge is 2.29. The number of nitrogens with one attached hydrogen (secondary N) is 1. The fourth-order valence-electron chi connectivity index (χ4n) is 2.54. The summed E-state index contributed by atoms with van der Waals surface area (Å²) in [5.41, 5.74) is 0.645. The van der Waals surface area contributed by atoms with Crippen molar-refractivity contribution in [3.8, 4) is 0 Å². The van der Waals surface area contributed by atoms with Gasteiger partial charge in [0.15, 0.2) is 0 Å². The van der Waals surface area contributed by atoms with Gasteiger partial charge in [0.2, 0.25) is 10.0 Å². The lowest BCUT2D eigenvalue weighted by Crippen LogP contribution is -2.25. The molecule has 126 valence electrons. The first kappa shape index (κ1) is 16.7. The molecule has 5 nitrogen and oxygen atoms in total. The Labute approximate surface area is 144 Å². The van der Waals surface area contributed by atoms with Crippen LogP contribution in [0.1, 0.15) is 16.8 Å². The van der Waals surface area contributed by atoms with E-state index < -0.39 is 21.7 Å². The van der Waals surface area contributed by atoms with Gasteiger partial charge in [0, 0.05) is 12.2 Å². The first-order valence-corrected chi connectivity index (χ1v) is 9.23. The molecule has 0 unspecified atom stereocenters. The SMILES string of the molecule is O=C(Nc1ccc(N2CCCS2(=O)=O)c(Cl)c1)c1ccccc1F. The number of hydrogen-bond donors (Lipinski definition) is 1. The van der Waals surface area contributed by atoms with Crippen LogP contribution in [0.15, 0.2) is 42.5 Å². The highest BCUT2D eigenvalue weighted by Crippen LogP contribution is 2.33. The van der Waals surface area contributed by atoms with Gasteiger partial charge in [-0.15, -0.1) is 0 Å². The fourth-order valence-corrected chi connectivity index (χ4v) is 4.45. The minimum absolute atomic E-state index is 0.0835. The molecule has 1 saturated heterocycles. The van der Waals surface area contributed by atoms with E-state index in [2.05, 4.69) is 5.32 Å². The van der Waals surface area contributed by atoms with Crippen molar-refractivity contribution in [3.05, 3.63) is 58.9 Å². The third kappa shape index (κ3) is 3.22. The van der Waals surface area contributed by atoms with Crippen LogP contribution in [0.2, 0.25) is 5.02 Å². The summed E-state index contributed by atoms with van der Waals surface area (Å²) in [6.07, 6.45) is 0.546. The van der Waals surface area contributed by atoms with Crippen LogP contribution >= 0.6 is 11.6 Å². The second kappa shape index (κ2) is 6.41. The van der Waals surface area contributed by atoms with Gasteiger partial charge in [-0.2, -0.15) is 0 Å². The Kier molecular flexibility index (Phi) is 4.47. The van der Waals surface area contributed by atoms with Gasteiger partial charge in [0.25, 0.3) is 5.91 Å². The Bertz CT molecular complexity index is 902. The fraction of sp³-hybridized carbons (Fsp3) is 0.188. The Morgan fingerprint density at radius 2 is 1.96 bits per heavy atom. The lowest BCUT2D eigenvalue weighted by molar-refractivity contribution is 0.102. The summed E-state index contributed by atoms with van der Waals surface area (Å²) in [6.45, 7) is 0.378. The van der Waals surface area contributed by atoms with Crippen LogP contribution in [0.5, 0.6) is 0 Å². The van der Waals surface area contributed by atoms with Gasteiger partial charge in [-0.1, -0.05) is 23.7 Å². The highest BCUT2D eigenvalue weighted by atomic mass is 35.5. The summed E-state index contributed by atoms with van der Waals surface area (Å²) < 4.78 is 38.8. The number of carbonyl (C=O) groups excluding carboxylic acids is 1. The van der Waals surface area contributed by atoms with E-state index in [1.807, 2.05) is 0 Å². The maximum atomic E-state index is 13.6. The number of hydrogen-bond acceptors (Lipinski definition) is 3. The van der Waals surface area contributed by atoms with Crippen LogP contribution in [0.3, 0.4) is 0 Å². The molecular formula is C16H14ClFN2O3S. The van der Waals surface area contributed by atoms with Crippen molar-refractivity contribution in [2.75, 3.05) is 21.9 Å². The van der Waals surface area contributed by atoms with E-state index in [0.29, 0.717) is 24.3 Å². The number of amides is 1. The van der Waals surface area contributed by atoms with Gasteiger partial charge in [-0.25, -0.2) is 12.8 Å². The lowest BCUT2D eigenvalue weighted by atomic mass is 10.2. The van der Waals surface area contributed by atoms with Crippen LogP contribution in [-0.2, 0) is 10.0 Å². The molecule has 1 heterocycles. The molecule has 8 heteroatoms. The molecule has 0 aliphatic carbocycles. The van der Waals surface area contributed by atoms with Gasteiger partial charge in [0.05, 0.1) is 22.0 Å². The Morgan fingerprint density at radius 1 is 1.21 bits per heavy atom. The molecule has 1 amide bonds. The van der Waals surface area contributed by atoms with Crippen molar-refractivity contribution < 1.29 is 17.6 Å². The molecule has 1 fully saturated rings. The van der Waals surface area contributed by atoms with E-state index in [4.69, 9.17) is 11.6 Å². The number of carbonyl (C=O) groups is 1. The first-order valence-electron chi connectivity index (χ1n) is 7.24. The molecule has 0 atom stereocenters. The smallest absolute Gasteiger partial charge is 0.258 e. The van der Waals surface area contributed by atoms with E-state index in [1.165, 1.54) is 40.7 Å². The first-order chi connectivity index (χ1) is 11.4. The standard InChI is InChI=1S/C16H14ClFN2O3S/c17-13-10-11(19-16(21)12-4-1-2-5-14(12)18)6-7-15(13)20-8-3-9-24(20,22)23/h1-2,4-7,10H,3,8-9H2,(H,19,21). The van der Waals surface area contributed by atoms with Crippen molar-refractivity contribution in [3.63, 3.8) is 0 Å². The number of halogens is 2. The minimum Gasteiger partial charge on any atom is -0.322 e. The van der Waals surface area contributed by atoms with Crippen molar-refractivity contribution in [1.29, 1.82) is 0 Å². The van der Waals surface area contributed by atoms with E-state index >= 15 is 0 Å². The molecule has 0 radical (unpaired) electrons. The Morgan fingerprint density at radius 3 is 2.58 bits per heavy atom. The monoisotopic (exact) mass is 368 g/mol. The van der Waals surface area contributed by atoms with E-state index in [-0.39, 0.29) is 16.3 Å². The third-order valence-electron chi connectivity index (χ3n) is 3.69. The number of anilines is 2. The molecule has 1 N–H and O–H groups in total. The Hall–Kier alpha value is -2.12. The van der Waals surface area contributed by atoms with E-state index in [9.17, 15) is 17.6 Å². The van der Waals surface area contributed by atoms with Gasteiger partial charge >= 0.3 is 0 Å². The van der Waals surface area contributed by atoms with Gasteiger partial charge in [-0.3, -0.25) is 9.10 Å². The minimum atomic E-state index is -3.34. The largest absolute Gasteiger partial charge is 0.322 e. The molecule has 0 aromatic heterocycles. The van der Waals surface area contributed by atoms with Crippen molar-refractivity contribution >= 4 is 38.9 Å². The van der Waals surface area contributed by atoms with Crippen LogP contribution in [0.25, 0.3) is 0 Å². The zero-order valence-corrected chi connectivity index (χ0v) is 14.1. The topological polar surface area (TPSA) is 66.5 Å². The Balaban J connectivity index is 1.83. The molecule has 0 saturated carbocycles. The number of nitrogens with zero attached hydrogens (tertiary/aromatic N) is 1. The maximum Gasteiger partial charge on any atom is 0.258 e. The molecule has 3 rings (SSSR count). The van der Waals surface area contributed by atoms with Crippen LogP contribution in [0.4, 0.5) is 15.8 Å². The second-order valence-corrected chi connectivity index (χ2v) is 7.76. The van der Waals surface area contributed by atoms with Crippen molar-refractivity contribution in [2.45, 2.75) is 6.42 Å². The summed E-state index contributed by atoms with van der Waals surface area (Å²) >= 11 is 6.17. The molecule has 1 aliphatic rings. The summed E-state index contributed by atoms with van der Waals surface area (Å²) in [5.74, 6) is -1.14. The van der Waals surface area contributed by atoms with E-state index in [1.54, 1.807) is 6.07 Å².